The van der Waals surface area contributed by atoms with E-state index in [0.29, 0.717) is 5.56 Å². The third-order valence-corrected chi connectivity index (χ3v) is 5.21. The summed E-state index contributed by atoms with van der Waals surface area (Å²) in [5.41, 5.74) is 2.46. The van der Waals surface area contributed by atoms with Gasteiger partial charge in [0.2, 0.25) is 5.91 Å². The average Bonchev–Trinajstić information content (AvgIpc) is 3.00. The molecular formula is C23H22N2O3. The van der Waals surface area contributed by atoms with Gasteiger partial charge in [-0.15, -0.1) is 0 Å². The van der Waals surface area contributed by atoms with Crippen LogP contribution in [0.1, 0.15) is 35.3 Å². The van der Waals surface area contributed by atoms with E-state index in [0.717, 1.165) is 34.2 Å². The van der Waals surface area contributed by atoms with Crippen molar-refractivity contribution in [3.05, 3.63) is 71.8 Å². The number of nitrogens with one attached hydrogen (secondary N) is 1. The van der Waals surface area contributed by atoms with Gasteiger partial charge in [0, 0.05) is 10.9 Å². The number of carbonyl (C=O) groups is 2. The number of hydrogen-bond donors (Lipinski definition) is 1. The molecule has 28 heavy (non-hydrogen) atoms. The number of carbonyl (C=O) groups excluding carboxylic acids is 2. The Labute approximate surface area is 163 Å². The van der Waals surface area contributed by atoms with Crippen molar-refractivity contribution in [2.24, 2.45) is 0 Å². The summed E-state index contributed by atoms with van der Waals surface area (Å²) in [6.07, 6.45) is 0.752. The van der Waals surface area contributed by atoms with Crippen molar-refractivity contribution in [2.75, 3.05) is 18.6 Å². The first kappa shape index (κ1) is 18.0. The summed E-state index contributed by atoms with van der Waals surface area (Å²) in [7, 11) is 1.62. The van der Waals surface area contributed by atoms with Gasteiger partial charge in [-0.1, -0.05) is 43.3 Å². The second-order valence-corrected chi connectivity index (χ2v) is 6.87. The van der Waals surface area contributed by atoms with E-state index in [4.69, 9.17) is 4.74 Å². The van der Waals surface area contributed by atoms with Gasteiger partial charge in [-0.2, -0.15) is 0 Å². The third kappa shape index (κ3) is 3.09. The van der Waals surface area contributed by atoms with E-state index >= 15 is 0 Å². The number of amides is 2. The fourth-order valence-corrected chi connectivity index (χ4v) is 3.78. The Balaban J connectivity index is 1.52. The van der Waals surface area contributed by atoms with Crippen LogP contribution in [0.4, 0.5) is 5.69 Å². The van der Waals surface area contributed by atoms with Gasteiger partial charge in [-0.25, -0.2) is 0 Å². The second kappa shape index (κ2) is 7.35. The summed E-state index contributed by atoms with van der Waals surface area (Å²) in [4.78, 5) is 27.2. The molecule has 0 bridgehead atoms. The van der Waals surface area contributed by atoms with Gasteiger partial charge >= 0.3 is 0 Å². The molecule has 1 N–H and O–H groups in total. The molecule has 1 aliphatic rings. The number of nitrogens with zero attached hydrogens (tertiary/aromatic N) is 1. The highest BCUT2D eigenvalue weighted by atomic mass is 16.5. The highest BCUT2D eigenvalue weighted by molar-refractivity contribution is 6.26. The molecule has 1 heterocycles. The van der Waals surface area contributed by atoms with Crippen molar-refractivity contribution < 1.29 is 14.3 Å². The molecular weight excluding hydrogens is 352 g/mol. The van der Waals surface area contributed by atoms with Crippen LogP contribution < -0.4 is 15.0 Å². The van der Waals surface area contributed by atoms with Gasteiger partial charge in [-0.05, 0) is 41.6 Å². The first-order valence-corrected chi connectivity index (χ1v) is 9.39. The Morgan fingerprint density at radius 2 is 1.79 bits per heavy atom. The van der Waals surface area contributed by atoms with Crippen LogP contribution in [0.5, 0.6) is 5.75 Å². The molecule has 2 amide bonds. The average molecular weight is 374 g/mol. The van der Waals surface area contributed by atoms with Gasteiger partial charge in [0.25, 0.3) is 5.91 Å². The fourth-order valence-electron chi connectivity index (χ4n) is 3.78. The van der Waals surface area contributed by atoms with Crippen LogP contribution in [0, 0.1) is 0 Å². The van der Waals surface area contributed by atoms with E-state index in [9.17, 15) is 9.59 Å². The number of ether oxygens (including phenoxy) is 1. The molecule has 0 aliphatic carbocycles. The Bertz CT molecular complexity index is 1040. The molecule has 3 aromatic rings. The molecule has 0 aromatic heterocycles. The normalized spacial score (nSPS) is 13.6. The number of methoxy groups -OCH3 is 1. The molecule has 5 heteroatoms. The summed E-state index contributed by atoms with van der Waals surface area (Å²) >= 11 is 0. The molecule has 0 saturated carbocycles. The van der Waals surface area contributed by atoms with Gasteiger partial charge in [0.05, 0.1) is 18.8 Å². The highest BCUT2D eigenvalue weighted by Gasteiger charge is 2.31. The molecule has 5 nitrogen and oxygen atoms in total. The van der Waals surface area contributed by atoms with Crippen molar-refractivity contribution in [3.8, 4) is 5.75 Å². The maximum absolute atomic E-state index is 12.8. The Kier molecular flexibility index (Phi) is 4.74. The third-order valence-electron chi connectivity index (χ3n) is 5.21. The monoisotopic (exact) mass is 374 g/mol. The molecule has 0 spiro atoms. The van der Waals surface area contributed by atoms with Crippen molar-refractivity contribution in [1.29, 1.82) is 0 Å². The van der Waals surface area contributed by atoms with Crippen molar-refractivity contribution in [1.82, 2.24) is 5.32 Å². The fraction of sp³-hybridized carbons (Fsp3) is 0.217. The summed E-state index contributed by atoms with van der Waals surface area (Å²) < 4.78 is 5.19. The van der Waals surface area contributed by atoms with E-state index in [1.54, 1.807) is 12.0 Å². The zero-order valence-corrected chi connectivity index (χ0v) is 15.9. The smallest absolute Gasteiger partial charge is 0.259 e. The van der Waals surface area contributed by atoms with E-state index in [1.807, 2.05) is 67.6 Å². The molecule has 1 atom stereocenters. The maximum atomic E-state index is 12.8. The topological polar surface area (TPSA) is 58.6 Å². The molecule has 4 rings (SSSR count). The van der Waals surface area contributed by atoms with Crippen LogP contribution in [-0.4, -0.2) is 25.5 Å². The van der Waals surface area contributed by atoms with Gasteiger partial charge in [-0.3, -0.25) is 14.5 Å². The molecule has 3 aromatic carbocycles. The lowest BCUT2D eigenvalue weighted by Crippen LogP contribution is -2.40. The summed E-state index contributed by atoms with van der Waals surface area (Å²) in [6, 6.07) is 19.0. The van der Waals surface area contributed by atoms with Crippen LogP contribution in [0.25, 0.3) is 10.8 Å². The Morgan fingerprint density at radius 3 is 2.46 bits per heavy atom. The number of rotatable bonds is 6. The molecule has 0 fully saturated rings. The van der Waals surface area contributed by atoms with E-state index in [1.165, 1.54) is 0 Å². The van der Waals surface area contributed by atoms with E-state index < -0.39 is 0 Å². The quantitative estimate of drug-likeness (QED) is 0.707. The Hall–Kier alpha value is -3.34. The zero-order valence-electron chi connectivity index (χ0n) is 15.9. The second-order valence-electron chi connectivity index (χ2n) is 6.87. The minimum Gasteiger partial charge on any atom is -0.497 e. The molecule has 0 saturated heterocycles. The summed E-state index contributed by atoms with van der Waals surface area (Å²) in [5.74, 6) is 0.471. The van der Waals surface area contributed by atoms with E-state index in [2.05, 4.69) is 5.32 Å². The zero-order chi connectivity index (χ0) is 19.7. The predicted molar refractivity (Wildman–Crippen MR) is 110 cm³/mol. The van der Waals surface area contributed by atoms with Crippen molar-refractivity contribution >= 4 is 28.3 Å². The van der Waals surface area contributed by atoms with Crippen LogP contribution >= 0.6 is 0 Å². The van der Waals surface area contributed by atoms with Crippen LogP contribution in [0.2, 0.25) is 0 Å². The van der Waals surface area contributed by atoms with Crippen LogP contribution in [0.15, 0.2) is 60.7 Å². The molecule has 142 valence electrons. The summed E-state index contributed by atoms with van der Waals surface area (Å²) in [6.45, 7) is 2.02. The largest absolute Gasteiger partial charge is 0.497 e. The number of hydrogen-bond acceptors (Lipinski definition) is 3. The number of anilines is 1. The lowest BCUT2D eigenvalue weighted by atomic mass is 10.0. The maximum Gasteiger partial charge on any atom is 0.259 e. The van der Waals surface area contributed by atoms with Gasteiger partial charge < -0.3 is 10.1 Å². The first-order chi connectivity index (χ1) is 13.6. The standard InChI is InChI=1S/C23H22N2O3/c1-3-19(15-10-12-17(28-2)13-11-15)24-21(26)14-25-20-9-5-7-16-6-4-8-18(22(16)20)23(25)27/h4-13,19H,3,14H2,1-2H3,(H,24,26)/t19-/m0/s1. The van der Waals surface area contributed by atoms with Crippen LogP contribution in [-0.2, 0) is 4.79 Å². The highest BCUT2D eigenvalue weighted by Crippen LogP contribution is 2.36. The van der Waals surface area contributed by atoms with Crippen molar-refractivity contribution in [2.45, 2.75) is 19.4 Å². The minimum atomic E-state index is -0.180. The lowest BCUT2D eigenvalue weighted by molar-refractivity contribution is -0.120. The Morgan fingerprint density at radius 1 is 1.07 bits per heavy atom. The van der Waals surface area contributed by atoms with Crippen molar-refractivity contribution in [3.63, 3.8) is 0 Å². The van der Waals surface area contributed by atoms with Crippen LogP contribution in [0.3, 0.4) is 0 Å². The SMILES string of the molecule is CC[C@H](NC(=O)CN1C(=O)c2cccc3cccc1c23)c1ccc(OC)cc1. The molecule has 1 aliphatic heterocycles. The summed E-state index contributed by atoms with van der Waals surface area (Å²) in [5, 5.41) is 4.98. The van der Waals surface area contributed by atoms with Gasteiger partial charge in [0.1, 0.15) is 12.3 Å². The lowest BCUT2D eigenvalue weighted by Gasteiger charge is -2.21. The number of benzene rings is 3. The minimum absolute atomic E-state index is 0.000713. The molecule has 0 radical (unpaired) electrons. The first-order valence-electron chi connectivity index (χ1n) is 9.39. The molecule has 0 unspecified atom stereocenters. The predicted octanol–water partition coefficient (Wildman–Crippen LogP) is 4.08. The van der Waals surface area contributed by atoms with E-state index in [-0.39, 0.29) is 24.4 Å². The van der Waals surface area contributed by atoms with Gasteiger partial charge in [0.15, 0.2) is 0 Å².